The van der Waals surface area contributed by atoms with Crippen LogP contribution in [0.2, 0.25) is 0 Å². The van der Waals surface area contributed by atoms with Crippen LogP contribution >= 0.6 is 0 Å². The van der Waals surface area contributed by atoms with Crippen molar-refractivity contribution in [2.45, 2.75) is 31.6 Å². The molecule has 0 aromatic rings. The van der Waals surface area contributed by atoms with Gasteiger partial charge in [-0.25, -0.2) is 0 Å². The summed E-state index contributed by atoms with van der Waals surface area (Å²) in [6, 6.07) is 0.191. The van der Waals surface area contributed by atoms with Crippen LogP contribution in [0.4, 0.5) is 0 Å². The smallest absolute Gasteiger partial charge is 0.154 e. The Hall–Kier alpha value is -0.120. The predicted octanol–water partition coefficient (Wildman–Crippen LogP) is -0.576. The highest BCUT2D eigenvalue weighted by Gasteiger charge is 2.26. The lowest BCUT2D eigenvalue weighted by Gasteiger charge is -2.10. The largest absolute Gasteiger partial charge is 0.368 e. The van der Waals surface area contributed by atoms with E-state index >= 15 is 0 Å². The molecule has 1 aliphatic rings. The van der Waals surface area contributed by atoms with Gasteiger partial charge in [-0.15, -0.1) is 0 Å². The number of hydrogen-bond acceptors (Lipinski definition) is 3. The summed E-state index contributed by atoms with van der Waals surface area (Å²) in [6.07, 6.45) is 1.40. The van der Waals surface area contributed by atoms with Crippen LogP contribution < -0.4 is 5.73 Å². The van der Waals surface area contributed by atoms with Crippen molar-refractivity contribution in [3.8, 4) is 0 Å². The average molecular weight is 131 g/mol. The first-order valence-electron chi connectivity index (χ1n) is 3.32. The van der Waals surface area contributed by atoms with Crippen LogP contribution in [0.25, 0.3) is 0 Å². The van der Waals surface area contributed by atoms with Crippen LogP contribution in [-0.2, 0) is 0 Å². The second kappa shape index (κ2) is 2.64. The zero-order chi connectivity index (χ0) is 6.85. The molecule has 0 spiro atoms. The van der Waals surface area contributed by atoms with Gasteiger partial charge in [0.2, 0.25) is 0 Å². The molecular weight excluding hydrogens is 118 g/mol. The topological polar surface area (TPSA) is 66.5 Å². The molecular formula is C6H13NO2. The van der Waals surface area contributed by atoms with Crippen LogP contribution in [0.3, 0.4) is 0 Å². The van der Waals surface area contributed by atoms with Crippen molar-refractivity contribution < 1.29 is 10.2 Å². The van der Waals surface area contributed by atoms with Gasteiger partial charge in [0, 0.05) is 12.0 Å². The van der Waals surface area contributed by atoms with Crippen LogP contribution in [0.1, 0.15) is 19.3 Å². The van der Waals surface area contributed by atoms with Crippen molar-refractivity contribution in [1.82, 2.24) is 0 Å². The van der Waals surface area contributed by atoms with Gasteiger partial charge in [-0.3, -0.25) is 0 Å². The lowest BCUT2D eigenvalue weighted by molar-refractivity contribution is -0.0817. The van der Waals surface area contributed by atoms with Crippen molar-refractivity contribution in [3.63, 3.8) is 0 Å². The first-order valence-corrected chi connectivity index (χ1v) is 3.32. The molecule has 2 atom stereocenters. The average Bonchev–Trinajstić information content (AvgIpc) is 2.14. The summed E-state index contributed by atoms with van der Waals surface area (Å²) in [4.78, 5) is 0. The second-order valence-electron chi connectivity index (χ2n) is 2.75. The maximum absolute atomic E-state index is 8.67. The van der Waals surface area contributed by atoms with Crippen molar-refractivity contribution in [1.29, 1.82) is 0 Å². The molecule has 0 aromatic heterocycles. The maximum Gasteiger partial charge on any atom is 0.154 e. The predicted molar refractivity (Wildman–Crippen MR) is 33.5 cm³/mol. The zero-order valence-corrected chi connectivity index (χ0v) is 5.33. The molecule has 4 N–H and O–H groups in total. The number of hydrogen-bond donors (Lipinski definition) is 3. The SMILES string of the molecule is N[C@H]1CC[C@H](C(O)O)C1. The fraction of sp³-hybridized carbons (Fsp3) is 1.00. The standard InChI is InChI=1S/C6H13NO2/c7-5-2-1-4(3-5)6(8)9/h4-6,8-9H,1-3,7H2/t4-,5-/m0/s1. The van der Waals surface area contributed by atoms with E-state index < -0.39 is 6.29 Å². The van der Waals surface area contributed by atoms with Gasteiger partial charge in [-0.2, -0.15) is 0 Å². The molecule has 0 aliphatic heterocycles. The Morgan fingerprint density at radius 1 is 1.33 bits per heavy atom. The van der Waals surface area contributed by atoms with Gasteiger partial charge in [0.05, 0.1) is 0 Å². The van der Waals surface area contributed by atoms with Gasteiger partial charge in [-0.05, 0) is 19.3 Å². The molecule has 0 aromatic carbocycles. The van der Waals surface area contributed by atoms with E-state index in [2.05, 4.69) is 0 Å². The van der Waals surface area contributed by atoms with Gasteiger partial charge in [0.1, 0.15) is 0 Å². The van der Waals surface area contributed by atoms with E-state index in [0.717, 1.165) is 19.3 Å². The van der Waals surface area contributed by atoms with Crippen molar-refractivity contribution >= 4 is 0 Å². The Morgan fingerprint density at radius 3 is 2.22 bits per heavy atom. The molecule has 1 fully saturated rings. The van der Waals surface area contributed by atoms with E-state index in [4.69, 9.17) is 15.9 Å². The van der Waals surface area contributed by atoms with Crippen molar-refractivity contribution in [2.75, 3.05) is 0 Å². The summed E-state index contributed by atoms with van der Waals surface area (Å²) in [5.41, 5.74) is 5.54. The third-order valence-corrected chi connectivity index (χ3v) is 1.94. The fourth-order valence-corrected chi connectivity index (χ4v) is 1.32. The summed E-state index contributed by atoms with van der Waals surface area (Å²) in [7, 11) is 0. The van der Waals surface area contributed by atoms with Gasteiger partial charge in [0.15, 0.2) is 6.29 Å². The Balaban J connectivity index is 2.30. The van der Waals surface area contributed by atoms with Crippen LogP contribution in [0, 0.1) is 5.92 Å². The lowest BCUT2D eigenvalue weighted by atomic mass is 10.1. The van der Waals surface area contributed by atoms with Crippen LogP contribution in [0.15, 0.2) is 0 Å². The molecule has 1 saturated carbocycles. The van der Waals surface area contributed by atoms with E-state index in [-0.39, 0.29) is 12.0 Å². The van der Waals surface area contributed by atoms with E-state index in [9.17, 15) is 0 Å². The third-order valence-electron chi connectivity index (χ3n) is 1.94. The third kappa shape index (κ3) is 1.64. The van der Waals surface area contributed by atoms with Gasteiger partial charge in [-0.1, -0.05) is 0 Å². The number of nitrogens with two attached hydrogens (primary N) is 1. The number of aliphatic hydroxyl groups excluding tert-OH is 1. The molecule has 54 valence electrons. The minimum Gasteiger partial charge on any atom is -0.368 e. The lowest BCUT2D eigenvalue weighted by Crippen LogP contribution is -2.20. The van der Waals surface area contributed by atoms with Crippen molar-refractivity contribution in [3.05, 3.63) is 0 Å². The number of aliphatic hydroxyl groups is 2. The first kappa shape index (κ1) is 6.99. The van der Waals surface area contributed by atoms with Crippen molar-refractivity contribution in [2.24, 2.45) is 11.7 Å². The van der Waals surface area contributed by atoms with Gasteiger partial charge in [0.25, 0.3) is 0 Å². The Kier molecular flexibility index (Phi) is 2.05. The highest BCUT2D eigenvalue weighted by Crippen LogP contribution is 2.25. The monoisotopic (exact) mass is 131 g/mol. The summed E-state index contributed by atoms with van der Waals surface area (Å²) in [6.45, 7) is 0. The highest BCUT2D eigenvalue weighted by atomic mass is 16.5. The van der Waals surface area contributed by atoms with E-state index in [1.165, 1.54) is 0 Å². The summed E-state index contributed by atoms with van der Waals surface area (Å²) < 4.78 is 0. The maximum atomic E-state index is 8.67. The van der Waals surface area contributed by atoms with Gasteiger partial charge < -0.3 is 15.9 Å². The fourth-order valence-electron chi connectivity index (χ4n) is 1.32. The molecule has 3 heteroatoms. The Morgan fingerprint density at radius 2 is 2.00 bits per heavy atom. The quantitative estimate of drug-likeness (QED) is 0.417. The summed E-state index contributed by atoms with van der Waals surface area (Å²) in [5.74, 6) is 0.0278. The molecule has 0 saturated heterocycles. The molecule has 0 radical (unpaired) electrons. The van der Waals surface area contributed by atoms with Crippen LogP contribution in [0.5, 0.6) is 0 Å². The molecule has 9 heavy (non-hydrogen) atoms. The molecule has 1 aliphatic carbocycles. The van der Waals surface area contributed by atoms with E-state index in [1.807, 2.05) is 0 Å². The zero-order valence-electron chi connectivity index (χ0n) is 5.33. The molecule has 1 rings (SSSR count). The molecule has 0 bridgehead atoms. The number of rotatable bonds is 1. The Labute approximate surface area is 54.5 Å². The summed E-state index contributed by atoms with van der Waals surface area (Å²) in [5, 5.41) is 17.3. The second-order valence-corrected chi connectivity index (χ2v) is 2.75. The van der Waals surface area contributed by atoms with E-state index in [1.54, 1.807) is 0 Å². The molecule has 3 nitrogen and oxygen atoms in total. The summed E-state index contributed by atoms with van der Waals surface area (Å²) >= 11 is 0. The Bertz CT molecular complexity index is 95.1. The molecule has 0 unspecified atom stereocenters. The highest BCUT2D eigenvalue weighted by molar-refractivity contribution is 4.78. The minimum absolute atomic E-state index is 0.0278. The van der Waals surface area contributed by atoms with Crippen LogP contribution in [-0.4, -0.2) is 22.5 Å². The molecule has 0 heterocycles. The normalized spacial score (nSPS) is 36.0. The minimum atomic E-state index is -1.15. The first-order chi connectivity index (χ1) is 4.20. The van der Waals surface area contributed by atoms with Gasteiger partial charge >= 0.3 is 0 Å². The molecule has 0 amide bonds. The van der Waals surface area contributed by atoms with E-state index in [0.29, 0.717) is 0 Å².